The van der Waals surface area contributed by atoms with Gasteiger partial charge in [-0.25, -0.2) is 4.39 Å². The van der Waals surface area contributed by atoms with E-state index in [1.807, 2.05) is 35.2 Å². The predicted octanol–water partition coefficient (Wildman–Crippen LogP) is 5.86. The van der Waals surface area contributed by atoms with Gasteiger partial charge in [-0.3, -0.25) is 15.0 Å². The van der Waals surface area contributed by atoms with Crippen molar-refractivity contribution in [2.24, 2.45) is 0 Å². The average Bonchev–Trinajstić information content (AvgIpc) is 2.77. The summed E-state index contributed by atoms with van der Waals surface area (Å²) in [4.78, 5) is 17.1. The molecule has 4 rings (SSSR count). The van der Waals surface area contributed by atoms with Gasteiger partial charge in [-0.05, 0) is 48.0 Å². The van der Waals surface area contributed by atoms with E-state index in [1.165, 1.54) is 17.8 Å². The largest absolute Gasteiger partial charge is 0.367 e. The number of halogens is 2. The number of anilines is 1. The van der Waals surface area contributed by atoms with Crippen LogP contribution in [-0.4, -0.2) is 36.0 Å². The Morgan fingerprint density at radius 1 is 1.00 bits per heavy atom. The first-order valence-corrected chi connectivity index (χ1v) is 11.1. The van der Waals surface area contributed by atoms with E-state index >= 15 is 0 Å². The molecule has 0 saturated carbocycles. The molecule has 3 aromatic rings. The van der Waals surface area contributed by atoms with Crippen LogP contribution in [0.3, 0.4) is 0 Å². The van der Waals surface area contributed by atoms with E-state index in [2.05, 4.69) is 4.90 Å². The predicted molar refractivity (Wildman–Crippen MR) is 123 cm³/mol. The van der Waals surface area contributed by atoms with Crippen LogP contribution in [0.25, 0.3) is 0 Å². The van der Waals surface area contributed by atoms with Crippen LogP contribution in [-0.2, 0) is 6.54 Å². The normalized spacial score (nSPS) is 14.6. The third kappa shape index (κ3) is 5.36. The van der Waals surface area contributed by atoms with E-state index in [1.54, 1.807) is 30.3 Å². The van der Waals surface area contributed by atoms with Crippen molar-refractivity contribution in [1.82, 2.24) is 4.90 Å². The minimum atomic E-state index is -0.335. The standard InChI is InChI=1S/C23H21ClFN3O2S/c24-18-6-8-19(9-7-18)31-23-10-5-17(15-22(23)28(29)30)16-26-11-13-27(14-12-26)21-4-2-1-3-20(21)25/h1-10,15H,11-14,16H2. The summed E-state index contributed by atoms with van der Waals surface area (Å²) in [5.41, 5.74) is 1.62. The van der Waals surface area contributed by atoms with Crippen molar-refractivity contribution in [2.45, 2.75) is 16.3 Å². The summed E-state index contributed by atoms with van der Waals surface area (Å²) in [6.07, 6.45) is 0. The molecule has 31 heavy (non-hydrogen) atoms. The maximum absolute atomic E-state index is 14.0. The first-order valence-electron chi connectivity index (χ1n) is 9.92. The van der Waals surface area contributed by atoms with Gasteiger partial charge in [0.15, 0.2) is 0 Å². The molecule has 0 unspecified atom stereocenters. The zero-order chi connectivity index (χ0) is 21.8. The Bertz CT molecular complexity index is 1070. The van der Waals surface area contributed by atoms with Crippen LogP contribution < -0.4 is 4.90 Å². The lowest BCUT2D eigenvalue weighted by molar-refractivity contribution is -0.387. The number of hydrogen-bond acceptors (Lipinski definition) is 5. The number of piperazine rings is 1. The minimum Gasteiger partial charge on any atom is -0.367 e. The molecule has 0 spiro atoms. The van der Waals surface area contributed by atoms with Crippen LogP contribution in [0.5, 0.6) is 0 Å². The van der Waals surface area contributed by atoms with Gasteiger partial charge in [0.1, 0.15) is 5.82 Å². The third-order valence-corrected chi connectivity index (χ3v) is 6.56. The van der Waals surface area contributed by atoms with Crippen LogP contribution in [0.2, 0.25) is 5.02 Å². The molecule has 0 atom stereocenters. The molecule has 0 aliphatic carbocycles. The van der Waals surface area contributed by atoms with E-state index in [-0.39, 0.29) is 16.4 Å². The Kier molecular flexibility index (Phi) is 6.75. The van der Waals surface area contributed by atoms with Gasteiger partial charge in [0, 0.05) is 48.7 Å². The monoisotopic (exact) mass is 457 g/mol. The van der Waals surface area contributed by atoms with Gasteiger partial charge in [0.2, 0.25) is 0 Å². The Hall–Kier alpha value is -2.61. The van der Waals surface area contributed by atoms with E-state index in [0.29, 0.717) is 35.2 Å². The van der Waals surface area contributed by atoms with Gasteiger partial charge in [0.25, 0.3) is 5.69 Å². The first kappa shape index (κ1) is 21.6. The van der Waals surface area contributed by atoms with E-state index < -0.39 is 0 Å². The lowest BCUT2D eigenvalue weighted by Gasteiger charge is -2.36. The molecule has 0 aromatic heterocycles. The molecule has 8 heteroatoms. The van der Waals surface area contributed by atoms with Crippen molar-refractivity contribution in [1.29, 1.82) is 0 Å². The van der Waals surface area contributed by atoms with Crippen molar-refractivity contribution in [3.8, 4) is 0 Å². The molecule has 0 amide bonds. The molecular weight excluding hydrogens is 437 g/mol. The SMILES string of the molecule is O=[N+]([O-])c1cc(CN2CCN(c3ccccc3F)CC2)ccc1Sc1ccc(Cl)cc1. The zero-order valence-corrected chi connectivity index (χ0v) is 18.3. The summed E-state index contributed by atoms with van der Waals surface area (Å²) in [6, 6.07) is 19.4. The van der Waals surface area contributed by atoms with Crippen LogP contribution in [0.15, 0.2) is 76.5 Å². The van der Waals surface area contributed by atoms with E-state index in [9.17, 15) is 14.5 Å². The third-order valence-electron chi connectivity index (χ3n) is 5.23. The second-order valence-corrected chi connectivity index (χ2v) is 8.88. The van der Waals surface area contributed by atoms with Crippen molar-refractivity contribution in [2.75, 3.05) is 31.1 Å². The van der Waals surface area contributed by atoms with Crippen LogP contribution in [0.4, 0.5) is 15.8 Å². The molecule has 0 N–H and O–H groups in total. The number of nitro benzene ring substituents is 1. The molecule has 0 bridgehead atoms. The molecule has 0 radical (unpaired) electrons. The Morgan fingerprint density at radius 2 is 1.71 bits per heavy atom. The van der Waals surface area contributed by atoms with Crippen molar-refractivity contribution in [3.63, 3.8) is 0 Å². The summed E-state index contributed by atoms with van der Waals surface area (Å²) >= 11 is 7.27. The van der Waals surface area contributed by atoms with Gasteiger partial charge in [-0.1, -0.05) is 41.6 Å². The second kappa shape index (κ2) is 9.68. The van der Waals surface area contributed by atoms with E-state index in [0.717, 1.165) is 23.5 Å². The molecule has 1 saturated heterocycles. The van der Waals surface area contributed by atoms with Crippen LogP contribution >= 0.6 is 23.4 Å². The molecule has 1 fully saturated rings. The summed E-state index contributed by atoms with van der Waals surface area (Å²) < 4.78 is 14.0. The number of nitro groups is 1. The number of nitrogens with zero attached hydrogens (tertiary/aromatic N) is 3. The highest BCUT2D eigenvalue weighted by Gasteiger charge is 2.21. The van der Waals surface area contributed by atoms with Gasteiger partial charge in [-0.2, -0.15) is 0 Å². The first-order chi connectivity index (χ1) is 15.0. The quantitative estimate of drug-likeness (QED) is 0.342. The lowest BCUT2D eigenvalue weighted by atomic mass is 10.1. The number of hydrogen-bond donors (Lipinski definition) is 0. The number of para-hydroxylation sites is 1. The average molecular weight is 458 g/mol. The second-order valence-electron chi connectivity index (χ2n) is 7.33. The van der Waals surface area contributed by atoms with Crippen molar-refractivity contribution in [3.05, 3.63) is 93.2 Å². The zero-order valence-electron chi connectivity index (χ0n) is 16.7. The summed E-state index contributed by atoms with van der Waals surface area (Å²) in [7, 11) is 0. The lowest BCUT2D eigenvalue weighted by Crippen LogP contribution is -2.46. The van der Waals surface area contributed by atoms with Crippen molar-refractivity contribution < 1.29 is 9.31 Å². The summed E-state index contributed by atoms with van der Waals surface area (Å²) in [5, 5.41) is 12.3. The van der Waals surface area contributed by atoms with Crippen LogP contribution in [0.1, 0.15) is 5.56 Å². The number of rotatable bonds is 6. The van der Waals surface area contributed by atoms with Gasteiger partial charge < -0.3 is 4.90 Å². The summed E-state index contributed by atoms with van der Waals surface area (Å²) in [6.45, 7) is 3.59. The minimum absolute atomic E-state index is 0.0995. The fourth-order valence-corrected chi connectivity index (χ4v) is 4.66. The fourth-order valence-electron chi connectivity index (χ4n) is 3.63. The molecule has 160 valence electrons. The maximum Gasteiger partial charge on any atom is 0.283 e. The molecule has 1 aliphatic heterocycles. The van der Waals surface area contributed by atoms with Gasteiger partial charge >= 0.3 is 0 Å². The molecule has 5 nitrogen and oxygen atoms in total. The Labute approximate surface area is 189 Å². The van der Waals surface area contributed by atoms with E-state index in [4.69, 9.17) is 11.6 Å². The number of benzene rings is 3. The topological polar surface area (TPSA) is 49.6 Å². The molecular formula is C23H21ClFN3O2S. The highest BCUT2D eigenvalue weighted by atomic mass is 35.5. The smallest absolute Gasteiger partial charge is 0.283 e. The maximum atomic E-state index is 14.0. The molecule has 1 aliphatic rings. The summed E-state index contributed by atoms with van der Waals surface area (Å²) in [5.74, 6) is -0.208. The van der Waals surface area contributed by atoms with Crippen LogP contribution in [0, 0.1) is 15.9 Å². The molecule has 3 aromatic carbocycles. The highest BCUT2D eigenvalue weighted by molar-refractivity contribution is 7.99. The Balaban J connectivity index is 1.42. The highest BCUT2D eigenvalue weighted by Crippen LogP contribution is 2.36. The van der Waals surface area contributed by atoms with Gasteiger partial charge in [0.05, 0.1) is 15.5 Å². The molecule has 1 heterocycles. The fraction of sp³-hybridized carbons (Fsp3) is 0.217. The van der Waals surface area contributed by atoms with Gasteiger partial charge in [-0.15, -0.1) is 0 Å². The Morgan fingerprint density at radius 3 is 2.39 bits per heavy atom. The van der Waals surface area contributed by atoms with Crippen molar-refractivity contribution >= 4 is 34.7 Å².